The van der Waals surface area contributed by atoms with Crippen LogP contribution in [0.2, 0.25) is 0 Å². The third-order valence-electron chi connectivity index (χ3n) is 7.01. The number of anilines is 2. The second kappa shape index (κ2) is 12.0. The molecule has 2 heterocycles. The van der Waals surface area contributed by atoms with Gasteiger partial charge >= 0.3 is 0 Å². The number of hydrogen-bond donors (Lipinski definition) is 1. The molecular weight excluding hydrogens is 465 g/mol. The van der Waals surface area contributed by atoms with E-state index in [9.17, 15) is 9.18 Å². The number of hydrogen-bond acceptors (Lipinski definition) is 4. The fourth-order valence-electron chi connectivity index (χ4n) is 4.36. The van der Waals surface area contributed by atoms with Gasteiger partial charge in [0.15, 0.2) is 0 Å². The maximum atomic E-state index is 14.5. The molecule has 2 aromatic carbocycles. The summed E-state index contributed by atoms with van der Waals surface area (Å²) in [5.41, 5.74) is 3.03. The van der Waals surface area contributed by atoms with Crippen LogP contribution in [0.15, 0.2) is 77.0 Å². The number of aromatic nitrogens is 1. The Labute approximate surface area is 218 Å². The Kier molecular flexibility index (Phi) is 8.56. The zero-order chi connectivity index (χ0) is 26.4. The average molecular weight is 502 g/mol. The van der Waals surface area contributed by atoms with E-state index in [0.717, 1.165) is 44.1 Å². The van der Waals surface area contributed by atoms with E-state index in [1.54, 1.807) is 30.3 Å². The predicted octanol–water partition coefficient (Wildman–Crippen LogP) is 5.62. The molecule has 4 rings (SSSR count). The Morgan fingerprint density at radius 1 is 1.08 bits per heavy atom. The third kappa shape index (κ3) is 6.35. The van der Waals surface area contributed by atoms with Crippen molar-refractivity contribution in [1.82, 2.24) is 9.47 Å². The van der Waals surface area contributed by atoms with Crippen LogP contribution in [-0.4, -0.2) is 48.5 Å². The van der Waals surface area contributed by atoms with Gasteiger partial charge in [0.05, 0.1) is 6.54 Å². The largest absolute Gasteiger partial charge is 0.369 e. The van der Waals surface area contributed by atoms with Crippen LogP contribution in [0.4, 0.5) is 21.6 Å². The second-order valence-electron chi connectivity index (χ2n) is 9.60. The molecule has 3 aromatic rings. The van der Waals surface area contributed by atoms with E-state index >= 15 is 0 Å². The van der Waals surface area contributed by atoms with Crippen LogP contribution in [0.3, 0.4) is 0 Å². The normalized spacial score (nSPS) is 15.5. The van der Waals surface area contributed by atoms with Crippen LogP contribution in [0.5, 0.6) is 0 Å². The van der Waals surface area contributed by atoms with E-state index in [4.69, 9.17) is 4.99 Å². The Morgan fingerprint density at radius 3 is 2.43 bits per heavy atom. The Hall–Kier alpha value is -3.71. The van der Waals surface area contributed by atoms with Crippen LogP contribution >= 0.6 is 0 Å². The molecule has 0 radical (unpaired) electrons. The molecule has 1 atom stereocenters. The number of benzene rings is 2. The van der Waals surface area contributed by atoms with E-state index in [1.807, 2.05) is 0 Å². The molecular formula is C30H36FN5O. The van der Waals surface area contributed by atoms with Crippen molar-refractivity contribution in [1.29, 1.82) is 0 Å². The summed E-state index contributed by atoms with van der Waals surface area (Å²) in [5.74, 6) is 0.953. The standard InChI is InChI=1S/C30H36FN5O/c1-5-22(3)29(32-25-12-14-26(15-13-25)35-19-17-34(4)18-20-35)33-30-23(6-2)11-16-28(37)36(30)21-24-9-7-8-10-27(24)31/h6-16,22H,2,5,17-21H2,1,3-4H3,(H,32,33). The Balaban J connectivity index is 1.67. The highest BCUT2D eigenvalue weighted by Gasteiger charge is 2.17. The molecule has 0 amide bonds. The molecule has 0 bridgehead atoms. The van der Waals surface area contributed by atoms with Gasteiger partial charge in [-0.3, -0.25) is 9.36 Å². The van der Waals surface area contributed by atoms with E-state index in [0.29, 0.717) is 16.9 Å². The van der Waals surface area contributed by atoms with Crippen LogP contribution < -0.4 is 15.8 Å². The van der Waals surface area contributed by atoms with Gasteiger partial charge in [-0.2, -0.15) is 0 Å². The first-order valence-electron chi connectivity index (χ1n) is 12.9. The van der Waals surface area contributed by atoms with Crippen LogP contribution in [0.1, 0.15) is 31.4 Å². The Bertz CT molecular complexity index is 1310. The van der Waals surface area contributed by atoms with Crippen molar-refractivity contribution in [2.75, 3.05) is 43.4 Å². The molecule has 1 aromatic heterocycles. The Morgan fingerprint density at radius 2 is 1.78 bits per heavy atom. The summed E-state index contributed by atoms with van der Waals surface area (Å²) >= 11 is 0. The molecule has 1 saturated heterocycles. The maximum Gasteiger partial charge on any atom is 0.252 e. The van der Waals surface area contributed by atoms with Gasteiger partial charge < -0.3 is 15.1 Å². The molecule has 37 heavy (non-hydrogen) atoms. The minimum absolute atomic E-state index is 0.0829. The van der Waals surface area contributed by atoms with E-state index in [1.165, 1.54) is 22.4 Å². The number of likely N-dealkylation sites (N-methyl/N-ethyl adjacent to an activating group) is 1. The average Bonchev–Trinajstić information content (AvgIpc) is 2.91. The molecule has 1 N–H and O–H groups in total. The zero-order valence-electron chi connectivity index (χ0n) is 22.0. The van der Waals surface area contributed by atoms with Crippen molar-refractivity contribution >= 4 is 29.1 Å². The van der Waals surface area contributed by atoms with Gasteiger partial charge in [0, 0.05) is 60.7 Å². The molecule has 0 saturated carbocycles. The summed E-state index contributed by atoms with van der Waals surface area (Å²) < 4.78 is 16.0. The number of nitrogens with one attached hydrogen (secondary N) is 1. The van der Waals surface area contributed by atoms with Crippen molar-refractivity contribution in [3.05, 3.63) is 94.5 Å². The highest BCUT2D eigenvalue weighted by molar-refractivity contribution is 5.98. The lowest BCUT2D eigenvalue weighted by atomic mass is 10.1. The molecule has 0 spiro atoms. The molecule has 0 aliphatic carbocycles. The van der Waals surface area contributed by atoms with Crippen molar-refractivity contribution in [3.63, 3.8) is 0 Å². The monoisotopic (exact) mass is 501 g/mol. The SMILES string of the molecule is C=Cc1ccc(=O)n(Cc2ccccc2F)c1N=C(Nc1ccc(N2CCN(C)CC2)cc1)C(C)CC. The van der Waals surface area contributed by atoms with Gasteiger partial charge in [-0.25, -0.2) is 9.38 Å². The molecule has 7 heteroatoms. The van der Waals surface area contributed by atoms with Crippen molar-refractivity contribution in [2.45, 2.75) is 26.8 Å². The highest BCUT2D eigenvalue weighted by Crippen LogP contribution is 2.25. The van der Waals surface area contributed by atoms with Crippen LogP contribution in [-0.2, 0) is 6.54 Å². The zero-order valence-corrected chi connectivity index (χ0v) is 22.0. The highest BCUT2D eigenvalue weighted by atomic mass is 19.1. The van der Waals surface area contributed by atoms with Gasteiger partial charge in [0.1, 0.15) is 17.5 Å². The first-order valence-corrected chi connectivity index (χ1v) is 12.9. The minimum atomic E-state index is -0.353. The van der Waals surface area contributed by atoms with E-state index in [2.05, 4.69) is 66.9 Å². The van der Waals surface area contributed by atoms with Crippen molar-refractivity contribution in [3.8, 4) is 0 Å². The van der Waals surface area contributed by atoms with Gasteiger partial charge in [-0.1, -0.05) is 44.7 Å². The second-order valence-corrected chi connectivity index (χ2v) is 9.60. The number of pyridine rings is 1. The van der Waals surface area contributed by atoms with Gasteiger partial charge in [0.25, 0.3) is 5.56 Å². The number of aliphatic imine (C=N–C) groups is 1. The fourth-order valence-corrected chi connectivity index (χ4v) is 4.36. The molecule has 1 aliphatic heterocycles. The lowest BCUT2D eigenvalue weighted by Gasteiger charge is -2.34. The third-order valence-corrected chi connectivity index (χ3v) is 7.01. The van der Waals surface area contributed by atoms with Gasteiger partial charge in [0.2, 0.25) is 0 Å². The number of rotatable bonds is 8. The molecule has 1 aliphatic rings. The van der Waals surface area contributed by atoms with Gasteiger partial charge in [-0.15, -0.1) is 0 Å². The summed E-state index contributed by atoms with van der Waals surface area (Å²) in [6, 6.07) is 18.1. The molecule has 1 unspecified atom stereocenters. The molecule has 194 valence electrons. The number of halogens is 1. The quantitative estimate of drug-likeness (QED) is 0.322. The predicted molar refractivity (Wildman–Crippen MR) is 153 cm³/mol. The molecule has 1 fully saturated rings. The summed E-state index contributed by atoms with van der Waals surface area (Å²) in [6.07, 6.45) is 2.54. The van der Waals surface area contributed by atoms with Gasteiger partial charge in [-0.05, 0) is 49.9 Å². The minimum Gasteiger partial charge on any atom is -0.369 e. The number of nitrogens with zero attached hydrogens (tertiary/aromatic N) is 4. The molecule has 6 nitrogen and oxygen atoms in total. The fraction of sp³-hybridized carbons (Fsp3) is 0.333. The summed E-state index contributed by atoms with van der Waals surface area (Å²) in [6.45, 7) is 12.3. The number of piperazine rings is 1. The van der Waals surface area contributed by atoms with Crippen molar-refractivity contribution < 1.29 is 4.39 Å². The van der Waals surface area contributed by atoms with Crippen molar-refractivity contribution in [2.24, 2.45) is 10.9 Å². The topological polar surface area (TPSA) is 52.9 Å². The summed E-state index contributed by atoms with van der Waals surface area (Å²) in [4.78, 5) is 22.6. The first-order chi connectivity index (χ1) is 17.9. The smallest absolute Gasteiger partial charge is 0.252 e. The maximum absolute atomic E-state index is 14.5. The van der Waals surface area contributed by atoms with Crippen LogP contribution in [0, 0.1) is 11.7 Å². The summed E-state index contributed by atoms with van der Waals surface area (Å²) in [5, 5.41) is 3.49. The van der Waals surface area contributed by atoms with E-state index < -0.39 is 0 Å². The summed E-state index contributed by atoms with van der Waals surface area (Å²) in [7, 11) is 2.15. The van der Waals surface area contributed by atoms with E-state index in [-0.39, 0.29) is 23.8 Å². The lowest BCUT2D eigenvalue weighted by Crippen LogP contribution is -2.44. The van der Waals surface area contributed by atoms with Crippen LogP contribution in [0.25, 0.3) is 6.08 Å². The lowest BCUT2D eigenvalue weighted by molar-refractivity contribution is 0.313. The number of amidine groups is 1. The first kappa shape index (κ1) is 26.4.